The predicted molar refractivity (Wildman–Crippen MR) is 112 cm³/mol. The second-order valence-electron chi connectivity index (χ2n) is 7.69. The number of nitrogens with zero attached hydrogens (tertiary/aromatic N) is 2. The Morgan fingerprint density at radius 3 is 2.80 bits per heavy atom. The van der Waals surface area contributed by atoms with E-state index >= 15 is 0 Å². The number of anilines is 1. The van der Waals surface area contributed by atoms with Crippen LogP contribution in [0, 0.1) is 0 Å². The number of carbonyl (C=O) groups excluding carboxylic acids is 1. The molecule has 0 spiro atoms. The summed E-state index contributed by atoms with van der Waals surface area (Å²) in [5.41, 5.74) is 5.98. The molecule has 2 heterocycles. The second kappa shape index (κ2) is 8.40. The maximum absolute atomic E-state index is 12.6. The van der Waals surface area contributed by atoms with Crippen LogP contribution in [0.3, 0.4) is 0 Å². The molecule has 9 nitrogen and oxygen atoms in total. The first-order valence-electron chi connectivity index (χ1n) is 9.99. The normalized spacial score (nSPS) is 18.8. The van der Waals surface area contributed by atoms with Gasteiger partial charge in [-0.1, -0.05) is 36.8 Å². The number of nitrogen functional groups attached to an aromatic ring is 1. The van der Waals surface area contributed by atoms with E-state index in [1.165, 1.54) is 5.56 Å². The van der Waals surface area contributed by atoms with Crippen molar-refractivity contribution in [1.29, 1.82) is 0 Å². The zero-order chi connectivity index (χ0) is 21.1. The maximum atomic E-state index is 12.6. The molecule has 2 atom stereocenters. The van der Waals surface area contributed by atoms with Crippen molar-refractivity contribution in [2.24, 2.45) is 0 Å². The van der Waals surface area contributed by atoms with E-state index in [-0.39, 0.29) is 23.3 Å². The number of carbonyl (C=O) groups is 1. The molecule has 1 aromatic carbocycles. The van der Waals surface area contributed by atoms with Crippen LogP contribution in [-0.4, -0.2) is 31.7 Å². The lowest BCUT2D eigenvalue weighted by Gasteiger charge is -2.29. The number of hydrogen-bond acceptors (Lipinski definition) is 5. The molecule has 156 valence electrons. The van der Waals surface area contributed by atoms with Gasteiger partial charge in [0, 0.05) is 12.2 Å². The fourth-order valence-electron chi connectivity index (χ4n) is 4.00. The molecule has 2 unspecified atom stereocenters. The maximum Gasteiger partial charge on any atom is 0.326 e. The number of rotatable bonds is 5. The fourth-order valence-corrected chi connectivity index (χ4v) is 4.00. The summed E-state index contributed by atoms with van der Waals surface area (Å²) in [5.74, 6) is -0.259. The number of amides is 1. The minimum Gasteiger partial charge on any atom is -0.392 e. The second-order valence-corrected chi connectivity index (χ2v) is 7.69. The van der Waals surface area contributed by atoms with Gasteiger partial charge >= 0.3 is 5.69 Å². The van der Waals surface area contributed by atoms with Gasteiger partial charge in [0.2, 0.25) is 0 Å². The Morgan fingerprint density at radius 1 is 1.20 bits per heavy atom. The molecule has 3 aromatic rings. The number of hydrogen-bond donors (Lipinski definition) is 4. The summed E-state index contributed by atoms with van der Waals surface area (Å²) in [6, 6.07) is 10.1. The SMILES string of the molecule is Nc1c(C(=O)NC2CCCC(c3cnn(Cc4ccccc4)c3)C2)[nH]c(=O)[nH]c1=O. The van der Waals surface area contributed by atoms with Crippen molar-refractivity contribution in [3.05, 3.63) is 80.4 Å². The third kappa shape index (κ3) is 4.35. The van der Waals surface area contributed by atoms with Crippen LogP contribution in [0.4, 0.5) is 5.69 Å². The molecule has 1 aliphatic rings. The lowest BCUT2D eigenvalue weighted by atomic mass is 9.82. The smallest absolute Gasteiger partial charge is 0.326 e. The number of nitrogens with one attached hydrogen (secondary N) is 3. The molecule has 30 heavy (non-hydrogen) atoms. The summed E-state index contributed by atoms with van der Waals surface area (Å²) in [4.78, 5) is 40.0. The van der Waals surface area contributed by atoms with E-state index in [1.807, 2.05) is 34.1 Å². The summed E-state index contributed by atoms with van der Waals surface area (Å²) in [6.45, 7) is 0.711. The first-order chi connectivity index (χ1) is 14.5. The molecule has 0 bridgehead atoms. The molecule has 2 aromatic heterocycles. The van der Waals surface area contributed by atoms with Gasteiger partial charge in [0.1, 0.15) is 11.4 Å². The first-order valence-corrected chi connectivity index (χ1v) is 9.99. The van der Waals surface area contributed by atoms with Crippen LogP contribution in [0.15, 0.2) is 52.3 Å². The van der Waals surface area contributed by atoms with Crippen molar-refractivity contribution < 1.29 is 4.79 Å². The van der Waals surface area contributed by atoms with Crippen molar-refractivity contribution in [3.8, 4) is 0 Å². The van der Waals surface area contributed by atoms with Crippen LogP contribution in [-0.2, 0) is 6.54 Å². The Bertz CT molecular complexity index is 1150. The molecule has 1 fully saturated rings. The number of aromatic amines is 2. The Balaban J connectivity index is 1.42. The van der Waals surface area contributed by atoms with Crippen LogP contribution in [0.2, 0.25) is 0 Å². The van der Waals surface area contributed by atoms with E-state index in [2.05, 4.69) is 33.7 Å². The summed E-state index contributed by atoms with van der Waals surface area (Å²) < 4.78 is 1.93. The predicted octanol–water partition coefficient (Wildman–Crippen LogP) is 1.35. The summed E-state index contributed by atoms with van der Waals surface area (Å²) in [5, 5.41) is 7.39. The number of H-pyrrole nitrogens is 2. The van der Waals surface area contributed by atoms with E-state index in [0.717, 1.165) is 31.2 Å². The van der Waals surface area contributed by atoms with Gasteiger partial charge in [-0.25, -0.2) is 4.79 Å². The monoisotopic (exact) mass is 408 g/mol. The van der Waals surface area contributed by atoms with Crippen molar-refractivity contribution in [2.75, 3.05) is 5.73 Å². The number of aromatic nitrogens is 4. The number of benzene rings is 1. The highest BCUT2D eigenvalue weighted by atomic mass is 16.2. The quantitative estimate of drug-likeness (QED) is 0.505. The minimum absolute atomic E-state index is 0.0732. The highest BCUT2D eigenvalue weighted by molar-refractivity contribution is 5.96. The van der Waals surface area contributed by atoms with Gasteiger partial charge < -0.3 is 16.0 Å². The average molecular weight is 408 g/mol. The highest BCUT2D eigenvalue weighted by Crippen LogP contribution is 2.33. The van der Waals surface area contributed by atoms with Gasteiger partial charge in [-0.05, 0) is 36.3 Å². The lowest BCUT2D eigenvalue weighted by Crippen LogP contribution is -2.40. The van der Waals surface area contributed by atoms with Crippen molar-refractivity contribution in [3.63, 3.8) is 0 Å². The molecule has 9 heteroatoms. The van der Waals surface area contributed by atoms with Crippen molar-refractivity contribution in [1.82, 2.24) is 25.1 Å². The minimum atomic E-state index is -0.767. The van der Waals surface area contributed by atoms with Gasteiger partial charge in [0.25, 0.3) is 11.5 Å². The Kier molecular flexibility index (Phi) is 5.51. The summed E-state index contributed by atoms with van der Waals surface area (Å²) in [7, 11) is 0. The molecular formula is C21H24N6O3. The van der Waals surface area contributed by atoms with E-state index in [0.29, 0.717) is 6.54 Å². The molecule has 4 rings (SSSR count). The van der Waals surface area contributed by atoms with E-state index in [4.69, 9.17) is 5.73 Å². The topological polar surface area (TPSA) is 139 Å². The fraction of sp³-hybridized carbons (Fsp3) is 0.333. The first kappa shape index (κ1) is 19.7. The van der Waals surface area contributed by atoms with Gasteiger partial charge in [-0.2, -0.15) is 5.10 Å². The van der Waals surface area contributed by atoms with Crippen LogP contribution >= 0.6 is 0 Å². The molecule has 5 N–H and O–H groups in total. The Morgan fingerprint density at radius 2 is 2.00 bits per heavy atom. The Labute approximate surface area is 172 Å². The van der Waals surface area contributed by atoms with Crippen LogP contribution < -0.4 is 22.3 Å². The standard InChI is InChI=1S/C21H24N6O3/c22-17-18(25-21(30)26-19(17)28)20(29)24-16-8-4-7-14(9-16)15-10-23-27(12-15)11-13-5-2-1-3-6-13/h1-3,5-6,10,12,14,16H,4,7-9,11,22H2,(H,24,29)(H2,25,26,28,30). The van der Waals surface area contributed by atoms with E-state index in [1.54, 1.807) is 0 Å². The molecule has 0 aliphatic heterocycles. The van der Waals surface area contributed by atoms with Crippen LogP contribution in [0.1, 0.15) is 53.2 Å². The van der Waals surface area contributed by atoms with Crippen LogP contribution in [0.25, 0.3) is 0 Å². The summed E-state index contributed by atoms with van der Waals surface area (Å²) in [6.07, 6.45) is 7.52. The molecular weight excluding hydrogens is 384 g/mol. The molecule has 1 aliphatic carbocycles. The average Bonchev–Trinajstić information content (AvgIpc) is 3.20. The zero-order valence-corrected chi connectivity index (χ0v) is 16.4. The number of nitrogens with two attached hydrogens (primary N) is 1. The molecule has 1 amide bonds. The third-order valence-corrected chi connectivity index (χ3v) is 5.53. The molecule has 1 saturated carbocycles. The van der Waals surface area contributed by atoms with E-state index < -0.39 is 17.2 Å². The summed E-state index contributed by atoms with van der Waals surface area (Å²) >= 11 is 0. The zero-order valence-electron chi connectivity index (χ0n) is 16.4. The van der Waals surface area contributed by atoms with Gasteiger partial charge in [0.05, 0.1) is 12.7 Å². The third-order valence-electron chi connectivity index (χ3n) is 5.53. The lowest BCUT2D eigenvalue weighted by molar-refractivity contribution is 0.0920. The Hall–Kier alpha value is -3.62. The van der Waals surface area contributed by atoms with Crippen molar-refractivity contribution >= 4 is 11.6 Å². The van der Waals surface area contributed by atoms with Crippen LogP contribution in [0.5, 0.6) is 0 Å². The highest BCUT2D eigenvalue weighted by Gasteiger charge is 2.26. The largest absolute Gasteiger partial charge is 0.392 e. The van der Waals surface area contributed by atoms with Crippen molar-refractivity contribution in [2.45, 2.75) is 44.2 Å². The van der Waals surface area contributed by atoms with Gasteiger partial charge in [-0.3, -0.25) is 19.3 Å². The molecule has 0 radical (unpaired) electrons. The van der Waals surface area contributed by atoms with E-state index in [9.17, 15) is 14.4 Å². The van der Waals surface area contributed by atoms with Gasteiger partial charge in [-0.15, -0.1) is 0 Å². The molecule has 0 saturated heterocycles. The van der Waals surface area contributed by atoms with Gasteiger partial charge in [0.15, 0.2) is 0 Å².